The molecule has 0 spiro atoms. The van der Waals surface area contributed by atoms with Gasteiger partial charge in [-0.2, -0.15) is 0 Å². The molecule has 0 radical (unpaired) electrons. The number of halogens is 1. The quantitative estimate of drug-likeness (QED) is 0.486. The summed E-state index contributed by atoms with van der Waals surface area (Å²) in [5.74, 6) is 0. The number of hydrogen-bond acceptors (Lipinski definition) is 0. The Morgan fingerprint density at radius 3 is 2.57 bits per heavy atom. The molecule has 0 aromatic heterocycles. The molecule has 0 saturated carbocycles. The van der Waals surface area contributed by atoms with Gasteiger partial charge in [0.1, 0.15) is 0 Å². The lowest BCUT2D eigenvalue weighted by Crippen LogP contribution is -1.90. The Labute approximate surface area is 91.6 Å². The first-order valence-electron chi connectivity index (χ1n) is 5.03. The van der Waals surface area contributed by atoms with Gasteiger partial charge in [0, 0.05) is 0 Å². The van der Waals surface area contributed by atoms with Gasteiger partial charge in [-0.3, -0.25) is 0 Å². The van der Waals surface area contributed by atoms with E-state index in [0.29, 0.717) is 0 Å². The maximum absolute atomic E-state index is 6.26. The normalized spacial score (nSPS) is 12.4. The van der Waals surface area contributed by atoms with E-state index < -0.39 is 0 Å². The standard InChI is InChI=1S/C13H17Cl/c1-11(2)7-6-10-13(14)12-8-4-3-5-9-12/h3-5,8-9,13H,1,6-7,10H2,2H3. The van der Waals surface area contributed by atoms with Gasteiger partial charge in [-0.25, -0.2) is 0 Å². The highest BCUT2D eigenvalue weighted by Gasteiger charge is 2.05. The molecule has 0 aliphatic carbocycles. The molecule has 0 N–H and O–H groups in total. The summed E-state index contributed by atoms with van der Waals surface area (Å²) in [6, 6.07) is 10.2. The third-order valence-electron chi connectivity index (χ3n) is 2.22. The molecule has 0 fully saturated rings. The van der Waals surface area contributed by atoms with Gasteiger partial charge in [-0.05, 0) is 31.7 Å². The summed E-state index contributed by atoms with van der Waals surface area (Å²) in [6.45, 7) is 5.94. The summed E-state index contributed by atoms with van der Waals surface area (Å²) < 4.78 is 0. The summed E-state index contributed by atoms with van der Waals surface area (Å²) in [7, 11) is 0. The first kappa shape index (κ1) is 11.3. The lowest BCUT2D eigenvalue weighted by atomic mass is 10.0. The van der Waals surface area contributed by atoms with E-state index in [1.54, 1.807) is 0 Å². The summed E-state index contributed by atoms with van der Waals surface area (Å²) in [4.78, 5) is 0. The van der Waals surface area contributed by atoms with Gasteiger partial charge in [0.25, 0.3) is 0 Å². The number of hydrogen-bond donors (Lipinski definition) is 0. The molecule has 0 saturated heterocycles. The summed E-state index contributed by atoms with van der Waals surface area (Å²) in [5.41, 5.74) is 2.46. The zero-order valence-electron chi connectivity index (χ0n) is 8.67. The maximum atomic E-state index is 6.26. The van der Waals surface area contributed by atoms with Crippen LogP contribution in [0.4, 0.5) is 0 Å². The van der Waals surface area contributed by atoms with Crippen LogP contribution in [0.2, 0.25) is 0 Å². The van der Waals surface area contributed by atoms with Crippen LogP contribution in [0.5, 0.6) is 0 Å². The number of rotatable bonds is 5. The molecule has 1 unspecified atom stereocenters. The van der Waals surface area contributed by atoms with E-state index in [0.717, 1.165) is 19.3 Å². The lowest BCUT2D eigenvalue weighted by Gasteiger charge is -2.09. The van der Waals surface area contributed by atoms with Crippen molar-refractivity contribution in [3.8, 4) is 0 Å². The van der Waals surface area contributed by atoms with Gasteiger partial charge in [0.15, 0.2) is 0 Å². The van der Waals surface area contributed by atoms with Crippen molar-refractivity contribution in [3.63, 3.8) is 0 Å². The van der Waals surface area contributed by atoms with Crippen LogP contribution in [0.3, 0.4) is 0 Å². The summed E-state index contributed by atoms with van der Waals surface area (Å²) in [6.07, 6.45) is 3.23. The molecular formula is C13H17Cl. The zero-order valence-corrected chi connectivity index (χ0v) is 9.43. The number of allylic oxidation sites excluding steroid dienone is 1. The Morgan fingerprint density at radius 2 is 2.00 bits per heavy atom. The predicted octanol–water partition coefficient (Wildman–Crippen LogP) is 4.71. The van der Waals surface area contributed by atoms with Gasteiger partial charge in [0.05, 0.1) is 5.38 Å². The third-order valence-corrected chi connectivity index (χ3v) is 2.69. The smallest absolute Gasteiger partial charge is 0.0585 e. The van der Waals surface area contributed by atoms with E-state index >= 15 is 0 Å². The molecule has 0 heterocycles. The molecule has 1 aromatic rings. The maximum Gasteiger partial charge on any atom is 0.0585 e. The van der Waals surface area contributed by atoms with Gasteiger partial charge in [-0.15, -0.1) is 18.2 Å². The first-order chi connectivity index (χ1) is 6.70. The van der Waals surface area contributed by atoms with Crippen LogP contribution in [-0.2, 0) is 0 Å². The van der Waals surface area contributed by atoms with Gasteiger partial charge < -0.3 is 0 Å². The van der Waals surface area contributed by atoms with Gasteiger partial charge in [0.2, 0.25) is 0 Å². The molecule has 0 aliphatic heterocycles. The van der Waals surface area contributed by atoms with Crippen LogP contribution in [-0.4, -0.2) is 0 Å². The van der Waals surface area contributed by atoms with E-state index in [1.165, 1.54) is 11.1 Å². The fourth-order valence-corrected chi connectivity index (χ4v) is 1.71. The van der Waals surface area contributed by atoms with Crippen LogP contribution < -0.4 is 0 Å². The van der Waals surface area contributed by atoms with E-state index in [9.17, 15) is 0 Å². The van der Waals surface area contributed by atoms with E-state index in [1.807, 2.05) is 18.2 Å². The van der Waals surface area contributed by atoms with Crippen molar-refractivity contribution in [2.24, 2.45) is 0 Å². The Hall–Kier alpha value is -0.750. The second kappa shape index (κ2) is 5.87. The zero-order chi connectivity index (χ0) is 10.4. The minimum absolute atomic E-state index is 0.149. The molecule has 0 amide bonds. The van der Waals surface area contributed by atoms with Crippen molar-refractivity contribution in [1.29, 1.82) is 0 Å². The Morgan fingerprint density at radius 1 is 1.36 bits per heavy atom. The lowest BCUT2D eigenvalue weighted by molar-refractivity contribution is 0.713. The molecule has 14 heavy (non-hydrogen) atoms. The van der Waals surface area contributed by atoms with E-state index in [-0.39, 0.29) is 5.38 Å². The molecular weight excluding hydrogens is 192 g/mol. The van der Waals surface area contributed by atoms with Crippen molar-refractivity contribution in [2.45, 2.75) is 31.6 Å². The highest BCUT2D eigenvalue weighted by atomic mass is 35.5. The molecule has 1 aromatic carbocycles. The Balaban J connectivity index is 2.36. The van der Waals surface area contributed by atoms with Crippen molar-refractivity contribution in [2.75, 3.05) is 0 Å². The van der Waals surface area contributed by atoms with Crippen molar-refractivity contribution >= 4 is 11.6 Å². The molecule has 0 aliphatic rings. The highest BCUT2D eigenvalue weighted by Crippen LogP contribution is 2.26. The fourth-order valence-electron chi connectivity index (χ4n) is 1.41. The predicted molar refractivity (Wildman–Crippen MR) is 63.7 cm³/mol. The largest absolute Gasteiger partial charge is 0.118 e. The third kappa shape index (κ3) is 3.97. The van der Waals surface area contributed by atoms with E-state index in [2.05, 4.69) is 25.6 Å². The van der Waals surface area contributed by atoms with Crippen molar-refractivity contribution in [1.82, 2.24) is 0 Å². The average molecular weight is 209 g/mol. The minimum atomic E-state index is 0.149. The van der Waals surface area contributed by atoms with Crippen LogP contribution in [0.25, 0.3) is 0 Å². The molecule has 76 valence electrons. The number of alkyl halides is 1. The second-order valence-electron chi connectivity index (χ2n) is 3.73. The minimum Gasteiger partial charge on any atom is -0.118 e. The molecule has 1 atom stereocenters. The summed E-state index contributed by atoms with van der Waals surface area (Å²) >= 11 is 6.26. The van der Waals surface area contributed by atoms with E-state index in [4.69, 9.17) is 11.6 Å². The first-order valence-corrected chi connectivity index (χ1v) is 5.47. The monoisotopic (exact) mass is 208 g/mol. The molecule has 0 bridgehead atoms. The topological polar surface area (TPSA) is 0 Å². The molecule has 1 rings (SSSR count). The van der Waals surface area contributed by atoms with Gasteiger partial charge in [-0.1, -0.05) is 35.9 Å². The van der Waals surface area contributed by atoms with Crippen LogP contribution in [0.1, 0.15) is 37.1 Å². The molecule has 0 nitrogen and oxygen atoms in total. The number of benzene rings is 1. The van der Waals surface area contributed by atoms with Gasteiger partial charge >= 0.3 is 0 Å². The van der Waals surface area contributed by atoms with Crippen molar-refractivity contribution < 1.29 is 0 Å². The van der Waals surface area contributed by atoms with Crippen LogP contribution >= 0.6 is 11.6 Å². The second-order valence-corrected chi connectivity index (χ2v) is 4.25. The van der Waals surface area contributed by atoms with Crippen LogP contribution in [0, 0.1) is 0 Å². The summed E-state index contributed by atoms with van der Waals surface area (Å²) in [5, 5.41) is 0.149. The fraction of sp³-hybridized carbons (Fsp3) is 0.385. The molecule has 1 heteroatoms. The Bertz CT molecular complexity index is 277. The average Bonchev–Trinajstić information content (AvgIpc) is 2.18. The highest BCUT2D eigenvalue weighted by molar-refractivity contribution is 6.20. The Kier molecular flexibility index (Phi) is 4.75. The SMILES string of the molecule is C=C(C)CCCC(Cl)c1ccccc1. The van der Waals surface area contributed by atoms with Crippen molar-refractivity contribution in [3.05, 3.63) is 48.0 Å². The van der Waals surface area contributed by atoms with Crippen LogP contribution in [0.15, 0.2) is 42.5 Å².